The lowest BCUT2D eigenvalue weighted by atomic mass is 9.56. The quantitative estimate of drug-likeness (QED) is 0.446. The average molecular weight is 471 g/mol. The zero-order valence-electron chi connectivity index (χ0n) is 21.2. The normalized spacial score (nSPS) is 28.1. The third-order valence-electron chi connectivity index (χ3n) is 9.06. The molecule has 0 spiro atoms. The molecule has 3 aliphatic rings. The van der Waals surface area contributed by atoms with Gasteiger partial charge in [-0.1, -0.05) is 39.0 Å². The van der Waals surface area contributed by atoms with E-state index in [2.05, 4.69) is 50.9 Å². The van der Waals surface area contributed by atoms with Crippen molar-refractivity contribution in [2.45, 2.75) is 58.8 Å². The Labute approximate surface area is 206 Å². The van der Waals surface area contributed by atoms with E-state index in [0.717, 1.165) is 30.5 Å². The minimum atomic E-state index is -0.452. The van der Waals surface area contributed by atoms with Gasteiger partial charge in [-0.15, -0.1) is 0 Å². The van der Waals surface area contributed by atoms with Crippen LogP contribution in [0.3, 0.4) is 0 Å². The summed E-state index contributed by atoms with van der Waals surface area (Å²) in [5.41, 5.74) is 5.36. The highest BCUT2D eigenvalue weighted by atomic mass is 16.5. The number of aromatic amines is 1. The Hall–Kier alpha value is -3.08. The van der Waals surface area contributed by atoms with Crippen molar-refractivity contribution in [3.05, 3.63) is 59.3 Å². The van der Waals surface area contributed by atoms with E-state index in [4.69, 9.17) is 4.74 Å². The summed E-state index contributed by atoms with van der Waals surface area (Å²) in [7, 11) is 1.62. The molecule has 1 aliphatic heterocycles. The second kappa shape index (κ2) is 7.71. The van der Waals surface area contributed by atoms with E-state index in [1.807, 2.05) is 24.3 Å². The summed E-state index contributed by atoms with van der Waals surface area (Å²) < 4.78 is 5.29. The SMILES string of the molecule is COc1ccc(N2C(=O)[C@@H]3[C@H]4C[C@@H](C(C)(C)C)CC[C@H]4c4c([nH]c5c(C)cccc45)[C@H]3C2=O)cc1. The number of nitrogens with one attached hydrogen (secondary N) is 1. The fourth-order valence-electron chi connectivity index (χ4n) is 7.21. The maximum absolute atomic E-state index is 14.1. The van der Waals surface area contributed by atoms with Crippen LogP contribution >= 0.6 is 0 Å². The number of H-pyrrole nitrogens is 1. The number of carbonyl (C=O) groups is 2. The molecule has 182 valence electrons. The Kier molecular flexibility index (Phi) is 4.93. The molecule has 2 fully saturated rings. The molecule has 2 heterocycles. The molecular weight excluding hydrogens is 436 g/mol. The van der Waals surface area contributed by atoms with Crippen LogP contribution in [-0.2, 0) is 9.59 Å². The fraction of sp³-hybridized carbons (Fsp3) is 0.467. The molecule has 0 bridgehead atoms. The number of amides is 2. The number of rotatable bonds is 2. The van der Waals surface area contributed by atoms with E-state index < -0.39 is 5.92 Å². The van der Waals surface area contributed by atoms with Gasteiger partial charge in [0.25, 0.3) is 0 Å². The van der Waals surface area contributed by atoms with Gasteiger partial charge in [0.2, 0.25) is 11.8 Å². The summed E-state index contributed by atoms with van der Waals surface area (Å²) in [5.74, 6) is 0.794. The Balaban J connectivity index is 1.52. The lowest BCUT2D eigenvalue weighted by Gasteiger charge is -2.47. The predicted octanol–water partition coefficient (Wildman–Crippen LogP) is 6.32. The highest BCUT2D eigenvalue weighted by molar-refractivity contribution is 6.24. The van der Waals surface area contributed by atoms with E-state index in [1.54, 1.807) is 7.11 Å². The summed E-state index contributed by atoms with van der Waals surface area (Å²) in [4.78, 5) is 33.2. The van der Waals surface area contributed by atoms with Crippen molar-refractivity contribution < 1.29 is 14.3 Å². The zero-order chi connectivity index (χ0) is 24.6. The third-order valence-corrected chi connectivity index (χ3v) is 9.06. The third kappa shape index (κ3) is 3.20. The lowest BCUT2D eigenvalue weighted by Crippen LogP contribution is -2.41. The van der Waals surface area contributed by atoms with Crippen molar-refractivity contribution >= 4 is 28.4 Å². The first-order valence-corrected chi connectivity index (χ1v) is 12.8. The first-order chi connectivity index (χ1) is 16.7. The highest BCUT2D eigenvalue weighted by Crippen LogP contribution is 2.60. The van der Waals surface area contributed by atoms with Gasteiger partial charge in [-0.05, 0) is 84.7 Å². The van der Waals surface area contributed by atoms with Crippen LogP contribution < -0.4 is 9.64 Å². The van der Waals surface area contributed by atoms with Crippen LogP contribution in [0.5, 0.6) is 5.75 Å². The molecule has 5 heteroatoms. The number of ether oxygens (including phenoxy) is 1. The number of fused-ring (bicyclic) bond motifs is 8. The molecule has 2 aromatic carbocycles. The van der Waals surface area contributed by atoms with Gasteiger partial charge in [-0.25, -0.2) is 4.90 Å². The molecule has 0 radical (unpaired) electrons. The first kappa shape index (κ1) is 22.4. The van der Waals surface area contributed by atoms with Crippen LogP contribution in [0.4, 0.5) is 5.69 Å². The summed E-state index contributed by atoms with van der Waals surface area (Å²) in [5, 5.41) is 1.23. The number of imide groups is 1. The summed E-state index contributed by atoms with van der Waals surface area (Å²) in [6.07, 6.45) is 3.21. The largest absolute Gasteiger partial charge is 0.497 e. The van der Waals surface area contributed by atoms with Gasteiger partial charge < -0.3 is 9.72 Å². The van der Waals surface area contributed by atoms with Crippen LogP contribution in [0.2, 0.25) is 0 Å². The topological polar surface area (TPSA) is 62.4 Å². The Morgan fingerprint density at radius 2 is 1.74 bits per heavy atom. The number of para-hydroxylation sites is 1. The fourth-order valence-corrected chi connectivity index (χ4v) is 7.21. The van der Waals surface area contributed by atoms with Crippen molar-refractivity contribution in [3.63, 3.8) is 0 Å². The van der Waals surface area contributed by atoms with Gasteiger partial charge in [0, 0.05) is 16.6 Å². The molecule has 35 heavy (non-hydrogen) atoms. The number of aromatic nitrogens is 1. The summed E-state index contributed by atoms with van der Waals surface area (Å²) >= 11 is 0. The minimum absolute atomic E-state index is 0.0456. The number of aryl methyl sites for hydroxylation is 1. The predicted molar refractivity (Wildman–Crippen MR) is 138 cm³/mol. The molecule has 2 aliphatic carbocycles. The number of hydrogen-bond donors (Lipinski definition) is 1. The standard InChI is InChI=1S/C30H34N2O3/c1-16-7-6-8-21-23-20-14-9-17(30(2,3)4)15-22(20)24-25(27(23)31-26(16)21)29(34)32(28(24)33)18-10-12-19(35-5)13-11-18/h6-8,10-13,17,20,22,24-25,31H,9,14-15H2,1-5H3/t17-,20+,22-,24+,25-/m0/s1. The van der Waals surface area contributed by atoms with Crippen LogP contribution in [0, 0.1) is 30.1 Å². The number of hydrogen-bond acceptors (Lipinski definition) is 3. The van der Waals surface area contributed by atoms with Gasteiger partial charge in [-0.2, -0.15) is 0 Å². The van der Waals surface area contributed by atoms with Crippen molar-refractivity contribution in [3.8, 4) is 5.75 Å². The van der Waals surface area contributed by atoms with Crippen LogP contribution in [0.15, 0.2) is 42.5 Å². The molecule has 3 aromatic rings. The number of anilines is 1. The van der Waals surface area contributed by atoms with Crippen LogP contribution in [0.1, 0.15) is 68.7 Å². The van der Waals surface area contributed by atoms with Gasteiger partial charge in [0.1, 0.15) is 5.75 Å². The van der Waals surface area contributed by atoms with Gasteiger partial charge >= 0.3 is 0 Å². The molecule has 5 atom stereocenters. The molecule has 1 N–H and O–H groups in total. The van der Waals surface area contributed by atoms with E-state index in [1.165, 1.54) is 21.4 Å². The Morgan fingerprint density at radius 1 is 1.00 bits per heavy atom. The van der Waals surface area contributed by atoms with E-state index in [9.17, 15) is 9.59 Å². The van der Waals surface area contributed by atoms with Gasteiger partial charge in [0.15, 0.2) is 0 Å². The maximum Gasteiger partial charge on any atom is 0.243 e. The Morgan fingerprint density at radius 3 is 2.43 bits per heavy atom. The second-order valence-electron chi connectivity index (χ2n) is 11.8. The van der Waals surface area contributed by atoms with Crippen molar-refractivity contribution in [2.24, 2.45) is 23.2 Å². The van der Waals surface area contributed by atoms with Gasteiger partial charge in [0.05, 0.1) is 24.6 Å². The van der Waals surface area contributed by atoms with E-state index in [-0.39, 0.29) is 29.1 Å². The number of nitrogens with zero attached hydrogens (tertiary/aromatic N) is 1. The smallest absolute Gasteiger partial charge is 0.243 e. The van der Waals surface area contributed by atoms with Gasteiger partial charge in [-0.3, -0.25) is 9.59 Å². The van der Waals surface area contributed by atoms with Crippen molar-refractivity contribution in [1.29, 1.82) is 0 Å². The van der Waals surface area contributed by atoms with Crippen molar-refractivity contribution in [1.82, 2.24) is 4.98 Å². The van der Waals surface area contributed by atoms with E-state index >= 15 is 0 Å². The molecule has 6 rings (SSSR count). The monoisotopic (exact) mass is 470 g/mol. The second-order valence-corrected chi connectivity index (χ2v) is 11.8. The number of benzene rings is 2. The van der Waals surface area contributed by atoms with Crippen molar-refractivity contribution in [2.75, 3.05) is 12.0 Å². The minimum Gasteiger partial charge on any atom is -0.497 e. The highest BCUT2D eigenvalue weighted by Gasteiger charge is 2.59. The molecule has 2 amide bonds. The summed E-state index contributed by atoms with van der Waals surface area (Å²) in [6, 6.07) is 13.7. The van der Waals surface area contributed by atoms with Crippen LogP contribution in [0.25, 0.3) is 10.9 Å². The zero-order valence-corrected chi connectivity index (χ0v) is 21.2. The molecular formula is C30H34N2O3. The number of carbonyl (C=O) groups excluding carboxylic acids is 2. The molecule has 1 saturated carbocycles. The number of methoxy groups -OCH3 is 1. The summed E-state index contributed by atoms with van der Waals surface area (Å²) in [6.45, 7) is 9.04. The Bertz CT molecular complexity index is 1330. The first-order valence-electron chi connectivity index (χ1n) is 12.8. The molecule has 5 nitrogen and oxygen atoms in total. The van der Waals surface area contributed by atoms with E-state index in [0.29, 0.717) is 23.3 Å². The average Bonchev–Trinajstić information content (AvgIpc) is 3.35. The lowest BCUT2D eigenvalue weighted by molar-refractivity contribution is -0.123. The maximum atomic E-state index is 14.1. The molecule has 1 aromatic heterocycles. The van der Waals surface area contributed by atoms with Crippen LogP contribution in [-0.4, -0.2) is 23.9 Å². The molecule has 0 unspecified atom stereocenters. The molecule has 1 saturated heterocycles.